The highest BCUT2D eigenvalue weighted by atomic mass is 79.9. The Morgan fingerprint density at radius 2 is 1.95 bits per heavy atom. The van der Waals surface area contributed by atoms with Gasteiger partial charge in [-0.05, 0) is 53.6 Å². The molecule has 21 heavy (non-hydrogen) atoms. The Kier molecular flexibility index (Phi) is 5.12. The molecule has 0 spiro atoms. The molecule has 0 aromatic carbocycles. The highest BCUT2D eigenvalue weighted by Gasteiger charge is 2.33. The molecule has 1 N–H and O–H groups in total. The van der Waals surface area contributed by atoms with Gasteiger partial charge in [-0.2, -0.15) is 4.31 Å². The molecule has 0 saturated heterocycles. The summed E-state index contributed by atoms with van der Waals surface area (Å²) >= 11 is 4.10. The van der Waals surface area contributed by atoms with Crippen molar-refractivity contribution in [1.29, 1.82) is 0 Å². The molecule has 0 radical (unpaired) electrons. The first-order chi connectivity index (χ1) is 9.73. The second-order valence-electron chi connectivity index (χ2n) is 5.49. The van der Waals surface area contributed by atoms with Gasteiger partial charge in [0.25, 0.3) is 0 Å². The summed E-state index contributed by atoms with van der Waals surface area (Å²) in [5.74, 6) is -0.472. The van der Waals surface area contributed by atoms with E-state index in [-0.39, 0.29) is 15.8 Å². The van der Waals surface area contributed by atoms with Gasteiger partial charge in [0, 0.05) is 13.1 Å². The number of nitrogens with zero attached hydrogens (tertiary/aromatic N) is 1. The van der Waals surface area contributed by atoms with Crippen molar-refractivity contribution >= 4 is 43.3 Å². The van der Waals surface area contributed by atoms with Crippen LogP contribution in [0.5, 0.6) is 0 Å². The molecule has 1 heterocycles. The van der Waals surface area contributed by atoms with E-state index >= 15 is 0 Å². The molecule has 8 heteroatoms. The third-order valence-corrected chi connectivity index (χ3v) is 8.17. The fraction of sp³-hybridized carbons (Fsp3) is 0.615. The molecule has 1 aromatic heterocycles. The Bertz CT molecular complexity index is 633. The van der Waals surface area contributed by atoms with Crippen LogP contribution in [0.15, 0.2) is 14.7 Å². The summed E-state index contributed by atoms with van der Waals surface area (Å²) in [6, 6.07) is 1.22. The fourth-order valence-corrected chi connectivity index (χ4v) is 6.36. The summed E-state index contributed by atoms with van der Waals surface area (Å²) in [6.07, 6.45) is 3.75. The lowest BCUT2D eigenvalue weighted by Gasteiger charge is -2.32. The maximum Gasteiger partial charge on any atom is 0.345 e. The number of carbonyl (C=O) groups is 1. The van der Waals surface area contributed by atoms with Crippen LogP contribution in [0.1, 0.15) is 42.3 Å². The van der Waals surface area contributed by atoms with Crippen molar-refractivity contribution in [3.05, 3.63) is 14.7 Å². The Labute approximate surface area is 137 Å². The van der Waals surface area contributed by atoms with Gasteiger partial charge in [0.2, 0.25) is 10.0 Å². The van der Waals surface area contributed by atoms with Gasteiger partial charge in [-0.25, -0.2) is 13.2 Å². The molecule has 118 valence electrons. The van der Waals surface area contributed by atoms with Crippen LogP contribution in [0.3, 0.4) is 0 Å². The maximum absolute atomic E-state index is 12.7. The number of rotatable bonds is 4. The van der Waals surface area contributed by atoms with Gasteiger partial charge >= 0.3 is 5.97 Å². The standard InChI is InChI=1S/C13H18BrNO4S2/c1-8-3-5-9(6-4-8)15(2)21(18,19)11-7-10(13(16)17)20-12(11)14/h7-9H,3-6H2,1-2H3,(H,16,17). The normalized spacial score (nSPS) is 23.4. The minimum Gasteiger partial charge on any atom is -0.477 e. The Hall–Kier alpha value is -0.440. The molecule has 0 atom stereocenters. The van der Waals surface area contributed by atoms with Crippen LogP contribution in [-0.4, -0.2) is 36.9 Å². The van der Waals surface area contributed by atoms with E-state index in [0.717, 1.165) is 37.0 Å². The number of hydrogen-bond donors (Lipinski definition) is 1. The topological polar surface area (TPSA) is 74.7 Å². The van der Waals surface area contributed by atoms with Gasteiger partial charge in [0.05, 0.1) is 3.79 Å². The molecule has 1 fully saturated rings. The van der Waals surface area contributed by atoms with Crippen LogP contribution in [0, 0.1) is 5.92 Å². The SMILES string of the molecule is CC1CCC(N(C)S(=O)(=O)c2cc(C(=O)O)sc2Br)CC1. The minimum absolute atomic E-state index is 0.00808. The zero-order valence-electron chi connectivity index (χ0n) is 11.9. The number of carboxylic acids is 1. The smallest absolute Gasteiger partial charge is 0.345 e. The van der Waals surface area contributed by atoms with Crippen molar-refractivity contribution in [2.24, 2.45) is 5.92 Å². The zero-order valence-corrected chi connectivity index (χ0v) is 15.1. The Morgan fingerprint density at radius 3 is 2.43 bits per heavy atom. The monoisotopic (exact) mass is 395 g/mol. The highest BCUT2D eigenvalue weighted by molar-refractivity contribution is 9.11. The Morgan fingerprint density at radius 1 is 1.38 bits per heavy atom. The van der Waals surface area contributed by atoms with Crippen LogP contribution >= 0.6 is 27.3 Å². The van der Waals surface area contributed by atoms with Crippen molar-refractivity contribution in [3.8, 4) is 0 Å². The lowest BCUT2D eigenvalue weighted by atomic mass is 9.87. The highest BCUT2D eigenvalue weighted by Crippen LogP contribution is 2.36. The van der Waals surface area contributed by atoms with Crippen molar-refractivity contribution in [2.75, 3.05) is 7.05 Å². The number of sulfonamides is 1. The molecule has 0 bridgehead atoms. The van der Waals surface area contributed by atoms with Gasteiger partial charge < -0.3 is 5.11 Å². The summed E-state index contributed by atoms with van der Waals surface area (Å²) in [5.41, 5.74) is 0. The van der Waals surface area contributed by atoms with E-state index in [1.807, 2.05) is 0 Å². The summed E-state index contributed by atoms with van der Waals surface area (Å²) in [5, 5.41) is 8.99. The molecular formula is C13H18BrNO4S2. The molecule has 0 unspecified atom stereocenters. The Balaban J connectivity index is 2.27. The summed E-state index contributed by atoms with van der Waals surface area (Å²) in [6.45, 7) is 2.18. The molecule has 1 aromatic rings. The number of thiophene rings is 1. The number of aromatic carboxylic acids is 1. The van der Waals surface area contributed by atoms with Crippen LogP contribution in [0.2, 0.25) is 0 Å². The van der Waals surface area contributed by atoms with Gasteiger partial charge in [-0.15, -0.1) is 11.3 Å². The molecule has 1 aliphatic rings. The van der Waals surface area contributed by atoms with Crippen molar-refractivity contribution in [1.82, 2.24) is 4.31 Å². The van der Waals surface area contributed by atoms with E-state index in [1.54, 1.807) is 7.05 Å². The quantitative estimate of drug-likeness (QED) is 0.847. The van der Waals surface area contributed by atoms with Crippen LogP contribution < -0.4 is 0 Å². The molecule has 2 rings (SSSR count). The second-order valence-corrected chi connectivity index (χ2v) is 9.82. The van der Waals surface area contributed by atoms with Gasteiger partial charge in [-0.3, -0.25) is 0 Å². The molecule has 5 nitrogen and oxygen atoms in total. The number of carboxylic acid groups (broad SMARTS) is 1. The predicted molar refractivity (Wildman–Crippen MR) is 85.3 cm³/mol. The molecule has 1 aliphatic carbocycles. The predicted octanol–water partition coefficient (Wildman–Crippen LogP) is 3.41. The van der Waals surface area contributed by atoms with Gasteiger partial charge in [0.1, 0.15) is 9.77 Å². The van der Waals surface area contributed by atoms with Crippen molar-refractivity contribution < 1.29 is 18.3 Å². The largest absolute Gasteiger partial charge is 0.477 e. The molecule has 0 amide bonds. The van der Waals surface area contributed by atoms with Crippen LogP contribution in [-0.2, 0) is 10.0 Å². The third kappa shape index (κ3) is 3.49. The lowest BCUT2D eigenvalue weighted by molar-refractivity contribution is 0.0702. The van der Waals surface area contributed by atoms with Crippen molar-refractivity contribution in [3.63, 3.8) is 0 Å². The fourth-order valence-electron chi connectivity index (χ4n) is 2.59. The first-order valence-electron chi connectivity index (χ1n) is 6.74. The van der Waals surface area contributed by atoms with Crippen molar-refractivity contribution in [2.45, 2.75) is 43.5 Å². The van der Waals surface area contributed by atoms with E-state index in [0.29, 0.717) is 9.70 Å². The average molecular weight is 396 g/mol. The summed E-state index contributed by atoms with van der Waals surface area (Å²) < 4.78 is 27.1. The first kappa shape index (κ1) is 16.9. The molecular weight excluding hydrogens is 378 g/mol. The average Bonchev–Trinajstić information content (AvgIpc) is 2.82. The minimum atomic E-state index is -3.67. The van der Waals surface area contributed by atoms with Gasteiger partial charge in [0.15, 0.2) is 0 Å². The first-order valence-corrected chi connectivity index (χ1v) is 9.79. The molecule has 0 aliphatic heterocycles. The van der Waals surface area contributed by atoms with E-state index in [1.165, 1.54) is 10.4 Å². The second kappa shape index (κ2) is 6.36. The summed E-state index contributed by atoms with van der Waals surface area (Å²) in [4.78, 5) is 11.0. The molecule has 1 saturated carbocycles. The van der Waals surface area contributed by atoms with Crippen LogP contribution in [0.25, 0.3) is 0 Å². The van der Waals surface area contributed by atoms with E-state index in [9.17, 15) is 13.2 Å². The van der Waals surface area contributed by atoms with E-state index < -0.39 is 16.0 Å². The number of halogens is 1. The lowest BCUT2D eigenvalue weighted by Crippen LogP contribution is -2.39. The maximum atomic E-state index is 12.7. The summed E-state index contributed by atoms with van der Waals surface area (Å²) in [7, 11) is -2.08. The number of hydrogen-bond acceptors (Lipinski definition) is 4. The van der Waals surface area contributed by atoms with Crippen LogP contribution in [0.4, 0.5) is 0 Å². The third-order valence-electron chi connectivity index (χ3n) is 4.02. The van der Waals surface area contributed by atoms with Gasteiger partial charge in [-0.1, -0.05) is 6.92 Å². The van der Waals surface area contributed by atoms with E-state index in [4.69, 9.17) is 5.11 Å². The zero-order chi connectivity index (χ0) is 15.8. The van der Waals surface area contributed by atoms with E-state index in [2.05, 4.69) is 22.9 Å².